The number of carbonyl (C=O) groups is 3. The molecule has 11 heteroatoms. The van der Waals surface area contributed by atoms with Gasteiger partial charge in [0.15, 0.2) is 0 Å². The van der Waals surface area contributed by atoms with Crippen molar-refractivity contribution in [2.45, 2.75) is 31.4 Å². The zero-order chi connectivity index (χ0) is 21.6. The molecule has 0 aromatic carbocycles. The Balaban J connectivity index is 0.00000132. The lowest BCUT2D eigenvalue weighted by atomic mass is 9.83. The number of aromatic nitrogens is 1. The molecule has 1 aliphatic rings. The Labute approximate surface area is 173 Å². The first kappa shape index (κ1) is 24.8. The van der Waals surface area contributed by atoms with Gasteiger partial charge in [-0.15, -0.1) is 0 Å². The Morgan fingerprint density at radius 2 is 2.07 bits per heavy atom. The van der Waals surface area contributed by atoms with Crippen molar-refractivity contribution in [1.29, 1.82) is 0 Å². The molecule has 1 heterocycles. The molecule has 1 aromatic rings. The Morgan fingerprint density at radius 3 is 2.69 bits per heavy atom. The smallest absolute Gasteiger partial charge is 0.290 e. The molecular formula is C18H26ClN3O7. The molecule has 10 nitrogen and oxygen atoms in total. The maximum Gasteiger partial charge on any atom is 0.290 e. The topological polar surface area (TPSA) is 158 Å². The summed E-state index contributed by atoms with van der Waals surface area (Å²) in [7, 11) is 0. The highest BCUT2D eigenvalue weighted by Gasteiger charge is 2.33. The lowest BCUT2D eigenvalue weighted by Crippen LogP contribution is -2.49. The standard InChI is InChI=1S/C17H24ClN3O5.CH2O2/c18-13-10-19-4-3-12(13)17(25)21-14-2-1-11(9-15(14)23)16(24)20-5-7-26-8-6-22;2-1-3/h3-4,10-11,14-15,22-23H,1-2,5-9H2,(H,20,24)(H,21,25);1H,(H,2,3)/t11-,14-,15-;/m0./s1. The van der Waals surface area contributed by atoms with Gasteiger partial charge >= 0.3 is 0 Å². The monoisotopic (exact) mass is 431 g/mol. The number of rotatable bonds is 8. The summed E-state index contributed by atoms with van der Waals surface area (Å²) in [6.45, 7) is 0.612. The number of aliphatic hydroxyl groups is 2. The SMILES string of the molecule is O=C(N[C@H]1CC[C@H](C(=O)NCCOCCO)C[C@@H]1O)c1ccncc1Cl.O=CO. The molecule has 1 aromatic heterocycles. The molecule has 0 unspecified atom stereocenters. The molecule has 1 aliphatic carbocycles. The van der Waals surface area contributed by atoms with Crippen LogP contribution in [0.2, 0.25) is 5.02 Å². The van der Waals surface area contributed by atoms with Crippen molar-refractivity contribution in [3.05, 3.63) is 29.0 Å². The second-order valence-electron chi connectivity index (χ2n) is 6.25. The van der Waals surface area contributed by atoms with Crippen LogP contribution in [0.15, 0.2) is 18.5 Å². The van der Waals surface area contributed by atoms with Crippen LogP contribution in [-0.4, -0.2) is 77.1 Å². The van der Waals surface area contributed by atoms with E-state index in [2.05, 4.69) is 15.6 Å². The molecule has 5 N–H and O–H groups in total. The van der Waals surface area contributed by atoms with Crippen LogP contribution in [-0.2, 0) is 14.3 Å². The summed E-state index contributed by atoms with van der Waals surface area (Å²) in [6, 6.07) is 1.09. The molecule has 3 atom stereocenters. The molecule has 0 spiro atoms. The first-order valence-corrected chi connectivity index (χ1v) is 9.45. The largest absolute Gasteiger partial charge is 0.483 e. The van der Waals surface area contributed by atoms with Gasteiger partial charge in [-0.2, -0.15) is 0 Å². The Kier molecular flexibility index (Phi) is 11.8. The summed E-state index contributed by atoms with van der Waals surface area (Å²) in [5.74, 6) is -0.815. The lowest BCUT2D eigenvalue weighted by Gasteiger charge is -2.33. The molecular weight excluding hydrogens is 406 g/mol. The summed E-state index contributed by atoms with van der Waals surface area (Å²) in [5, 5.41) is 31.6. The molecule has 162 valence electrons. The minimum atomic E-state index is -0.810. The highest BCUT2D eigenvalue weighted by Crippen LogP contribution is 2.25. The van der Waals surface area contributed by atoms with E-state index in [1.807, 2.05) is 0 Å². The van der Waals surface area contributed by atoms with Crippen LogP contribution in [0.4, 0.5) is 0 Å². The molecule has 1 fully saturated rings. The number of halogens is 1. The average molecular weight is 432 g/mol. The van der Waals surface area contributed by atoms with Crippen LogP contribution in [0.25, 0.3) is 0 Å². The van der Waals surface area contributed by atoms with Crippen molar-refractivity contribution in [3.8, 4) is 0 Å². The maximum atomic E-state index is 12.3. The Morgan fingerprint density at radius 1 is 1.34 bits per heavy atom. The van der Waals surface area contributed by atoms with Gasteiger partial charge in [-0.3, -0.25) is 19.4 Å². The number of carbonyl (C=O) groups excluding carboxylic acids is 2. The van der Waals surface area contributed by atoms with Crippen molar-refractivity contribution in [3.63, 3.8) is 0 Å². The number of ether oxygens (including phenoxy) is 1. The average Bonchev–Trinajstić information content (AvgIpc) is 2.70. The first-order valence-electron chi connectivity index (χ1n) is 9.07. The number of nitrogens with one attached hydrogen (secondary N) is 2. The maximum absolute atomic E-state index is 12.3. The molecule has 0 saturated heterocycles. The van der Waals surface area contributed by atoms with E-state index in [-0.39, 0.29) is 48.9 Å². The highest BCUT2D eigenvalue weighted by atomic mass is 35.5. The van der Waals surface area contributed by atoms with Crippen LogP contribution in [0, 0.1) is 5.92 Å². The van der Waals surface area contributed by atoms with E-state index in [9.17, 15) is 14.7 Å². The normalized spacial score (nSPS) is 20.7. The van der Waals surface area contributed by atoms with Crippen LogP contribution in [0.5, 0.6) is 0 Å². The quantitative estimate of drug-likeness (QED) is 0.280. The second-order valence-corrected chi connectivity index (χ2v) is 6.65. The second kappa shape index (κ2) is 13.8. The highest BCUT2D eigenvalue weighted by molar-refractivity contribution is 6.33. The van der Waals surface area contributed by atoms with Gasteiger partial charge in [0.25, 0.3) is 12.4 Å². The Bertz CT molecular complexity index is 662. The van der Waals surface area contributed by atoms with Gasteiger partial charge in [0.1, 0.15) is 0 Å². The summed E-state index contributed by atoms with van der Waals surface area (Å²) < 4.78 is 5.08. The predicted octanol–water partition coefficient (Wildman–Crippen LogP) is -0.180. The van der Waals surface area contributed by atoms with E-state index in [1.54, 1.807) is 0 Å². The van der Waals surface area contributed by atoms with E-state index in [0.717, 1.165) is 0 Å². The van der Waals surface area contributed by atoms with Gasteiger partial charge in [-0.05, 0) is 25.3 Å². The van der Waals surface area contributed by atoms with E-state index in [0.29, 0.717) is 31.6 Å². The van der Waals surface area contributed by atoms with Gasteiger partial charge in [-0.25, -0.2) is 0 Å². The Hall–Kier alpha value is -2.27. The summed E-state index contributed by atoms with van der Waals surface area (Å²) in [4.78, 5) is 36.6. The summed E-state index contributed by atoms with van der Waals surface area (Å²) in [5.41, 5.74) is 0.302. The molecule has 1 saturated carbocycles. The van der Waals surface area contributed by atoms with Gasteiger partial charge < -0.3 is 30.7 Å². The molecule has 0 bridgehead atoms. The van der Waals surface area contributed by atoms with Crippen molar-refractivity contribution in [2.24, 2.45) is 5.92 Å². The van der Waals surface area contributed by atoms with Crippen LogP contribution in [0.3, 0.4) is 0 Å². The number of pyridine rings is 1. The zero-order valence-corrected chi connectivity index (χ0v) is 16.5. The van der Waals surface area contributed by atoms with Gasteiger partial charge in [-0.1, -0.05) is 11.6 Å². The molecule has 2 rings (SSSR count). The van der Waals surface area contributed by atoms with Crippen molar-refractivity contribution >= 4 is 29.9 Å². The predicted molar refractivity (Wildman–Crippen MR) is 103 cm³/mol. The number of amides is 2. The van der Waals surface area contributed by atoms with Crippen LogP contribution < -0.4 is 10.6 Å². The number of hydrogen-bond acceptors (Lipinski definition) is 7. The third-order valence-electron chi connectivity index (χ3n) is 4.30. The van der Waals surface area contributed by atoms with E-state index in [4.69, 9.17) is 31.3 Å². The third-order valence-corrected chi connectivity index (χ3v) is 4.60. The van der Waals surface area contributed by atoms with Crippen LogP contribution in [0.1, 0.15) is 29.6 Å². The fourth-order valence-electron chi connectivity index (χ4n) is 2.92. The molecule has 2 amide bonds. The van der Waals surface area contributed by atoms with Crippen LogP contribution >= 0.6 is 11.6 Å². The number of carboxylic acid groups (broad SMARTS) is 1. The number of aliphatic hydroxyl groups excluding tert-OH is 2. The minimum absolute atomic E-state index is 0.0550. The fraction of sp³-hybridized carbons (Fsp3) is 0.556. The van der Waals surface area contributed by atoms with Gasteiger partial charge in [0.05, 0.1) is 42.6 Å². The summed E-state index contributed by atoms with van der Waals surface area (Å²) in [6.07, 6.45) is 3.39. The third kappa shape index (κ3) is 8.73. The van der Waals surface area contributed by atoms with Crippen molar-refractivity contribution < 1.29 is 34.4 Å². The number of hydrogen-bond donors (Lipinski definition) is 5. The van der Waals surface area contributed by atoms with Crippen molar-refractivity contribution in [2.75, 3.05) is 26.4 Å². The van der Waals surface area contributed by atoms with Crippen molar-refractivity contribution in [1.82, 2.24) is 15.6 Å². The minimum Gasteiger partial charge on any atom is -0.483 e. The van der Waals surface area contributed by atoms with E-state index >= 15 is 0 Å². The molecule has 0 radical (unpaired) electrons. The number of nitrogens with zero attached hydrogens (tertiary/aromatic N) is 1. The molecule has 29 heavy (non-hydrogen) atoms. The van der Waals surface area contributed by atoms with E-state index in [1.165, 1.54) is 18.5 Å². The lowest BCUT2D eigenvalue weighted by molar-refractivity contribution is -0.127. The van der Waals surface area contributed by atoms with E-state index < -0.39 is 12.1 Å². The van der Waals surface area contributed by atoms with Gasteiger partial charge in [0, 0.05) is 24.9 Å². The molecule has 0 aliphatic heterocycles. The zero-order valence-electron chi connectivity index (χ0n) is 15.8. The first-order chi connectivity index (χ1) is 13.9. The fourth-order valence-corrected chi connectivity index (χ4v) is 3.12. The van der Waals surface area contributed by atoms with Gasteiger partial charge in [0.2, 0.25) is 5.91 Å². The summed E-state index contributed by atoms with van der Waals surface area (Å²) >= 11 is 5.96.